The summed E-state index contributed by atoms with van der Waals surface area (Å²) in [5, 5.41) is 0.00273. The number of nitrogens with two attached hydrogens (primary N) is 1. The van der Waals surface area contributed by atoms with Gasteiger partial charge < -0.3 is 4.84 Å². The molecule has 0 saturated carbocycles. The molecule has 1 aromatic rings. The third kappa shape index (κ3) is 2.54. The normalized spacial score (nSPS) is 8.64. The third-order valence-corrected chi connectivity index (χ3v) is 1.32. The summed E-state index contributed by atoms with van der Waals surface area (Å²) < 4.78 is 12.4. The molecule has 0 spiro atoms. The van der Waals surface area contributed by atoms with E-state index >= 15 is 0 Å². The molecule has 0 bridgehead atoms. The van der Waals surface area contributed by atoms with Gasteiger partial charge >= 0.3 is 0 Å². The molecule has 2 N–H and O–H groups in total. The van der Waals surface area contributed by atoms with Gasteiger partial charge in [0, 0.05) is 6.07 Å². The molecule has 1 rings (SSSR count). The van der Waals surface area contributed by atoms with Crippen LogP contribution in [0.15, 0.2) is 18.2 Å². The number of benzene rings is 1. The molecule has 0 atom stereocenters. The minimum Gasteiger partial charge on any atom is -0.411 e. The fourth-order valence-corrected chi connectivity index (χ4v) is 0.721. The summed E-state index contributed by atoms with van der Waals surface area (Å²) in [5.41, 5.74) is 0. The maximum Gasteiger partial charge on any atom is 0.148 e. The van der Waals surface area contributed by atoms with E-state index in [1.807, 2.05) is 0 Å². The average molecular weight is 198 g/mol. The Bertz CT molecular complexity index is 244. The predicted molar refractivity (Wildman–Crippen MR) is 43.5 cm³/mol. The molecule has 0 aromatic heterocycles. The average Bonchev–Trinajstić information content (AvgIpc) is 1.95. The van der Waals surface area contributed by atoms with Crippen molar-refractivity contribution >= 4 is 24.0 Å². The molecule has 0 amide bonds. The van der Waals surface area contributed by atoms with Crippen LogP contribution in [-0.2, 0) is 0 Å². The van der Waals surface area contributed by atoms with Gasteiger partial charge in [0.2, 0.25) is 0 Å². The first-order chi connectivity index (χ1) is 4.74. The highest BCUT2D eigenvalue weighted by molar-refractivity contribution is 6.30. The first-order valence-corrected chi connectivity index (χ1v) is 2.93. The maximum atomic E-state index is 12.4. The van der Waals surface area contributed by atoms with Crippen LogP contribution in [0, 0.1) is 5.82 Å². The van der Waals surface area contributed by atoms with E-state index in [2.05, 4.69) is 4.84 Å². The van der Waals surface area contributed by atoms with Crippen LogP contribution >= 0.6 is 24.0 Å². The van der Waals surface area contributed by atoms with E-state index in [1.165, 1.54) is 18.2 Å². The van der Waals surface area contributed by atoms with Crippen LogP contribution in [0.2, 0.25) is 5.02 Å². The Hall–Kier alpha value is -0.510. The highest BCUT2D eigenvalue weighted by Gasteiger charge is 1.99. The van der Waals surface area contributed by atoms with Gasteiger partial charge in [0.1, 0.15) is 11.6 Å². The standard InChI is InChI=1S/C6H5ClFNO.ClH/c7-5-3-4(10-9)1-2-6(5)8;/h1-3H,9H2;1H. The Morgan fingerprint density at radius 3 is 2.55 bits per heavy atom. The van der Waals surface area contributed by atoms with Crippen LogP contribution in [-0.4, -0.2) is 0 Å². The monoisotopic (exact) mass is 197 g/mol. The van der Waals surface area contributed by atoms with Gasteiger partial charge in [-0.3, -0.25) is 0 Å². The first kappa shape index (κ1) is 10.5. The van der Waals surface area contributed by atoms with Gasteiger partial charge in [-0.15, -0.1) is 12.4 Å². The molecule has 0 heterocycles. The second-order valence-electron chi connectivity index (χ2n) is 1.69. The van der Waals surface area contributed by atoms with Crippen molar-refractivity contribution < 1.29 is 9.23 Å². The van der Waals surface area contributed by atoms with Crippen LogP contribution in [0.3, 0.4) is 0 Å². The van der Waals surface area contributed by atoms with Crippen molar-refractivity contribution in [2.24, 2.45) is 5.90 Å². The van der Waals surface area contributed by atoms with Crippen molar-refractivity contribution in [2.75, 3.05) is 0 Å². The van der Waals surface area contributed by atoms with Gasteiger partial charge in [-0.2, -0.15) is 5.90 Å². The quantitative estimate of drug-likeness (QED) is 0.701. The molecule has 2 nitrogen and oxygen atoms in total. The van der Waals surface area contributed by atoms with Crippen LogP contribution in [0.4, 0.5) is 4.39 Å². The van der Waals surface area contributed by atoms with E-state index in [0.717, 1.165) is 0 Å². The Labute approximate surface area is 74.5 Å². The zero-order chi connectivity index (χ0) is 7.56. The molecular formula is C6H6Cl2FNO. The Kier molecular flexibility index (Phi) is 4.18. The van der Waals surface area contributed by atoms with E-state index in [9.17, 15) is 4.39 Å². The lowest BCUT2D eigenvalue weighted by atomic mass is 10.3. The number of hydrogen-bond donors (Lipinski definition) is 1. The van der Waals surface area contributed by atoms with Crippen LogP contribution < -0.4 is 10.7 Å². The topological polar surface area (TPSA) is 35.2 Å². The lowest BCUT2D eigenvalue weighted by Gasteiger charge is -1.97. The molecule has 0 aliphatic heterocycles. The summed E-state index contributed by atoms with van der Waals surface area (Å²) in [6, 6.07) is 3.88. The van der Waals surface area contributed by atoms with Gasteiger partial charge in [0.25, 0.3) is 0 Å². The molecular weight excluding hydrogens is 192 g/mol. The van der Waals surface area contributed by atoms with Crippen LogP contribution in [0.25, 0.3) is 0 Å². The molecule has 11 heavy (non-hydrogen) atoms. The zero-order valence-electron chi connectivity index (χ0n) is 5.38. The molecule has 0 aliphatic rings. The van der Waals surface area contributed by atoms with Gasteiger partial charge in [-0.1, -0.05) is 11.6 Å². The van der Waals surface area contributed by atoms with E-state index in [-0.39, 0.29) is 17.4 Å². The molecule has 0 fully saturated rings. The lowest BCUT2D eigenvalue weighted by molar-refractivity contribution is 0.334. The van der Waals surface area contributed by atoms with Gasteiger partial charge in [0.05, 0.1) is 5.02 Å². The summed E-state index contributed by atoms with van der Waals surface area (Å²) >= 11 is 5.38. The van der Waals surface area contributed by atoms with Crippen LogP contribution in [0.5, 0.6) is 5.75 Å². The van der Waals surface area contributed by atoms with Crippen molar-refractivity contribution in [2.45, 2.75) is 0 Å². The number of rotatable bonds is 1. The van der Waals surface area contributed by atoms with Gasteiger partial charge in [-0.05, 0) is 12.1 Å². The Morgan fingerprint density at radius 2 is 2.09 bits per heavy atom. The molecule has 5 heteroatoms. The highest BCUT2D eigenvalue weighted by Crippen LogP contribution is 2.19. The maximum absolute atomic E-state index is 12.4. The van der Waals surface area contributed by atoms with Crippen molar-refractivity contribution in [3.05, 3.63) is 29.0 Å². The molecule has 0 saturated heterocycles. The Balaban J connectivity index is 0.000001000. The first-order valence-electron chi connectivity index (χ1n) is 2.56. The summed E-state index contributed by atoms with van der Waals surface area (Å²) in [4.78, 5) is 4.30. The zero-order valence-corrected chi connectivity index (χ0v) is 6.95. The van der Waals surface area contributed by atoms with Gasteiger partial charge in [-0.25, -0.2) is 4.39 Å². The SMILES string of the molecule is Cl.NOc1ccc(F)c(Cl)c1. The Morgan fingerprint density at radius 1 is 1.45 bits per heavy atom. The largest absolute Gasteiger partial charge is 0.411 e. The fourth-order valence-electron chi connectivity index (χ4n) is 0.550. The van der Waals surface area contributed by atoms with E-state index in [4.69, 9.17) is 17.5 Å². The minimum absolute atomic E-state index is 0. The molecule has 62 valence electrons. The third-order valence-electron chi connectivity index (χ3n) is 1.03. The second kappa shape index (κ2) is 4.38. The molecule has 1 aromatic carbocycles. The van der Waals surface area contributed by atoms with Crippen molar-refractivity contribution in [3.63, 3.8) is 0 Å². The fraction of sp³-hybridized carbons (Fsp3) is 0. The van der Waals surface area contributed by atoms with Crippen LogP contribution in [0.1, 0.15) is 0 Å². The van der Waals surface area contributed by atoms with Crippen molar-refractivity contribution in [1.82, 2.24) is 0 Å². The summed E-state index contributed by atoms with van der Waals surface area (Å²) in [5.74, 6) is 4.64. The van der Waals surface area contributed by atoms with E-state index in [1.54, 1.807) is 0 Å². The second-order valence-corrected chi connectivity index (χ2v) is 2.10. The smallest absolute Gasteiger partial charge is 0.148 e. The molecule has 0 aliphatic carbocycles. The number of hydrogen-bond acceptors (Lipinski definition) is 2. The summed E-state index contributed by atoms with van der Waals surface area (Å²) in [6.07, 6.45) is 0. The van der Waals surface area contributed by atoms with E-state index in [0.29, 0.717) is 5.75 Å². The minimum atomic E-state index is -0.484. The van der Waals surface area contributed by atoms with Gasteiger partial charge in [0.15, 0.2) is 0 Å². The van der Waals surface area contributed by atoms with E-state index < -0.39 is 5.82 Å². The highest BCUT2D eigenvalue weighted by atomic mass is 35.5. The van der Waals surface area contributed by atoms with Crippen molar-refractivity contribution in [3.8, 4) is 5.75 Å². The molecule has 0 unspecified atom stereocenters. The van der Waals surface area contributed by atoms with Crippen molar-refractivity contribution in [1.29, 1.82) is 0 Å². The summed E-state index contributed by atoms with van der Waals surface area (Å²) in [7, 11) is 0. The predicted octanol–water partition coefficient (Wildman–Crippen LogP) is 2.15. The lowest BCUT2D eigenvalue weighted by Crippen LogP contribution is -2.01. The molecule has 0 radical (unpaired) electrons. The summed E-state index contributed by atoms with van der Waals surface area (Å²) in [6.45, 7) is 0. The number of halogens is 3.